The number of amides is 1. The van der Waals surface area contributed by atoms with Gasteiger partial charge in [-0.1, -0.05) is 30.7 Å². The van der Waals surface area contributed by atoms with E-state index in [0.29, 0.717) is 24.4 Å². The molecule has 1 amide bonds. The highest BCUT2D eigenvalue weighted by molar-refractivity contribution is 7.90. The summed E-state index contributed by atoms with van der Waals surface area (Å²) < 4.78 is 26.6. The van der Waals surface area contributed by atoms with Gasteiger partial charge in [0.05, 0.1) is 4.90 Å². The summed E-state index contributed by atoms with van der Waals surface area (Å²) >= 11 is 0. The highest BCUT2D eigenvalue weighted by Crippen LogP contribution is 2.22. The minimum atomic E-state index is -3.48. The molecule has 0 radical (unpaired) electrons. The van der Waals surface area contributed by atoms with E-state index in [-0.39, 0.29) is 10.8 Å². The van der Waals surface area contributed by atoms with Crippen molar-refractivity contribution in [1.29, 1.82) is 0 Å². The van der Waals surface area contributed by atoms with Crippen LogP contribution in [0.1, 0.15) is 42.4 Å². The van der Waals surface area contributed by atoms with Crippen molar-refractivity contribution in [2.75, 3.05) is 11.9 Å². The number of nitrogens with one attached hydrogen (secondary N) is 2. The number of anilines is 1. The Hall–Kier alpha value is -2.67. The maximum atomic E-state index is 12.1. The molecule has 0 aliphatic carbocycles. The average molecular weight is 400 g/mol. The van der Waals surface area contributed by atoms with Gasteiger partial charge in [0.2, 0.25) is 5.91 Å². The molecule has 1 aliphatic rings. The van der Waals surface area contributed by atoms with Gasteiger partial charge in [-0.15, -0.1) is 0 Å². The molecule has 0 saturated heterocycles. The lowest BCUT2D eigenvalue weighted by molar-refractivity contribution is -0.116. The van der Waals surface area contributed by atoms with Crippen LogP contribution in [-0.2, 0) is 14.8 Å². The van der Waals surface area contributed by atoms with Crippen LogP contribution in [0.4, 0.5) is 5.69 Å². The zero-order valence-electron chi connectivity index (χ0n) is 16.2. The number of hydrogen-bond donors (Lipinski definition) is 2. The SMILES string of the molecule is Cc1ccc(C)c(NC(=O)CCCCCN=C2NS(=O)(=O)c3ccccc32)c1. The fraction of sp³-hybridized carbons (Fsp3) is 0.333. The van der Waals surface area contributed by atoms with Crippen molar-refractivity contribution >= 4 is 27.5 Å². The third-order valence-corrected chi connectivity index (χ3v) is 6.06. The Morgan fingerprint density at radius 3 is 2.68 bits per heavy atom. The largest absolute Gasteiger partial charge is 0.326 e. The van der Waals surface area contributed by atoms with Crippen LogP contribution in [-0.4, -0.2) is 26.7 Å². The van der Waals surface area contributed by atoms with Crippen LogP contribution in [0.15, 0.2) is 52.4 Å². The van der Waals surface area contributed by atoms with Crippen LogP contribution in [0.2, 0.25) is 0 Å². The molecule has 148 valence electrons. The van der Waals surface area contributed by atoms with Crippen LogP contribution in [0, 0.1) is 13.8 Å². The number of fused-ring (bicyclic) bond motifs is 1. The first kappa shape index (κ1) is 20.1. The van der Waals surface area contributed by atoms with E-state index in [1.807, 2.05) is 32.0 Å². The maximum Gasteiger partial charge on any atom is 0.263 e. The number of sulfonamides is 1. The summed E-state index contributed by atoms with van der Waals surface area (Å²) in [5.41, 5.74) is 3.65. The van der Waals surface area contributed by atoms with Crippen molar-refractivity contribution in [3.05, 3.63) is 59.2 Å². The Morgan fingerprint density at radius 1 is 1.07 bits per heavy atom. The molecule has 0 atom stereocenters. The van der Waals surface area contributed by atoms with Gasteiger partial charge in [0.15, 0.2) is 0 Å². The molecular formula is C21H25N3O3S. The number of aliphatic imine (C=N–C) groups is 1. The molecule has 28 heavy (non-hydrogen) atoms. The van der Waals surface area contributed by atoms with E-state index in [0.717, 1.165) is 36.1 Å². The van der Waals surface area contributed by atoms with E-state index >= 15 is 0 Å². The quantitative estimate of drug-likeness (QED) is 0.698. The van der Waals surface area contributed by atoms with Crippen molar-refractivity contribution in [2.24, 2.45) is 4.99 Å². The lowest BCUT2D eigenvalue weighted by Crippen LogP contribution is -2.22. The Bertz CT molecular complexity index is 1010. The number of carbonyl (C=O) groups excluding carboxylic acids is 1. The highest BCUT2D eigenvalue weighted by Gasteiger charge is 2.29. The van der Waals surface area contributed by atoms with Gasteiger partial charge in [0.25, 0.3) is 10.0 Å². The molecule has 1 aliphatic heterocycles. The fourth-order valence-corrected chi connectivity index (χ4v) is 4.35. The Labute approximate surface area is 166 Å². The van der Waals surface area contributed by atoms with E-state index in [1.165, 1.54) is 0 Å². The number of nitrogens with zero attached hydrogens (tertiary/aromatic N) is 1. The molecule has 0 saturated carbocycles. The molecule has 2 aromatic rings. The summed E-state index contributed by atoms with van der Waals surface area (Å²) in [5, 5.41) is 2.96. The van der Waals surface area contributed by atoms with Crippen molar-refractivity contribution in [3.63, 3.8) is 0 Å². The molecule has 0 fully saturated rings. The predicted molar refractivity (Wildman–Crippen MR) is 111 cm³/mol. The summed E-state index contributed by atoms with van der Waals surface area (Å²) in [6.45, 7) is 4.49. The van der Waals surface area contributed by atoms with E-state index in [2.05, 4.69) is 15.0 Å². The average Bonchev–Trinajstić information content (AvgIpc) is 2.92. The van der Waals surface area contributed by atoms with Gasteiger partial charge < -0.3 is 5.32 Å². The second-order valence-electron chi connectivity index (χ2n) is 7.01. The number of unbranched alkanes of at least 4 members (excludes halogenated alkanes) is 2. The smallest absolute Gasteiger partial charge is 0.263 e. The number of carbonyl (C=O) groups is 1. The summed E-state index contributed by atoms with van der Waals surface area (Å²) in [7, 11) is -3.48. The van der Waals surface area contributed by atoms with Crippen LogP contribution in [0.3, 0.4) is 0 Å². The van der Waals surface area contributed by atoms with Crippen LogP contribution in [0.25, 0.3) is 0 Å². The predicted octanol–water partition coefficient (Wildman–Crippen LogP) is 3.54. The molecule has 7 heteroatoms. The normalized spacial score (nSPS) is 15.9. The lowest BCUT2D eigenvalue weighted by atomic mass is 10.1. The molecule has 2 N–H and O–H groups in total. The van der Waals surface area contributed by atoms with E-state index in [9.17, 15) is 13.2 Å². The maximum absolute atomic E-state index is 12.1. The highest BCUT2D eigenvalue weighted by atomic mass is 32.2. The van der Waals surface area contributed by atoms with E-state index in [4.69, 9.17) is 0 Å². The monoisotopic (exact) mass is 399 g/mol. The van der Waals surface area contributed by atoms with Crippen molar-refractivity contribution in [3.8, 4) is 0 Å². The Balaban J connectivity index is 1.43. The second-order valence-corrected chi connectivity index (χ2v) is 8.66. The third-order valence-electron chi connectivity index (χ3n) is 4.66. The van der Waals surface area contributed by atoms with Crippen molar-refractivity contribution in [1.82, 2.24) is 4.72 Å². The molecule has 1 heterocycles. The first-order chi connectivity index (χ1) is 13.4. The number of hydrogen-bond acceptors (Lipinski definition) is 4. The van der Waals surface area contributed by atoms with Crippen LogP contribution < -0.4 is 10.0 Å². The van der Waals surface area contributed by atoms with Gasteiger partial charge in [0, 0.05) is 24.2 Å². The topological polar surface area (TPSA) is 87.6 Å². The summed E-state index contributed by atoms with van der Waals surface area (Å²) in [4.78, 5) is 16.8. The number of amidine groups is 1. The number of aryl methyl sites for hydroxylation is 2. The standard InChI is InChI=1S/C21H25N3O3S/c1-15-11-12-16(2)18(14-15)23-20(25)10-4-3-7-13-22-21-17-8-5-6-9-19(17)28(26,27)24-21/h5-6,8-9,11-12,14H,3-4,7,10,13H2,1-2H3,(H,22,24)(H,23,25). The molecule has 0 spiro atoms. The van der Waals surface area contributed by atoms with Crippen molar-refractivity contribution < 1.29 is 13.2 Å². The molecule has 0 bridgehead atoms. The zero-order chi connectivity index (χ0) is 20.1. The minimum absolute atomic E-state index is 0.0116. The molecule has 6 nitrogen and oxygen atoms in total. The summed E-state index contributed by atoms with van der Waals surface area (Å²) in [6.07, 6.45) is 2.87. The van der Waals surface area contributed by atoms with Gasteiger partial charge in [-0.25, -0.2) is 8.42 Å². The summed E-state index contributed by atoms with van der Waals surface area (Å²) in [6, 6.07) is 12.8. The second kappa shape index (κ2) is 8.56. The number of rotatable bonds is 7. The third kappa shape index (κ3) is 4.78. The van der Waals surface area contributed by atoms with Crippen molar-refractivity contribution in [2.45, 2.75) is 44.4 Å². The van der Waals surface area contributed by atoms with Gasteiger partial charge in [-0.2, -0.15) is 0 Å². The first-order valence-electron chi connectivity index (χ1n) is 9.40. The molecule has 0 unspecified atom stereocenters. The molecular weight excluding hydrogens is 374 g/mol. The molecule has 0 aromatic heterocycles. The molecule has 2 aromatic carbocycles. The Morgan fingerprint density at radius 2 is 1.86 bits per heavy atom. The van der Waals surface area contributed by atoms with Gasteiger partial charge >= 0.3 is 0 Å². The minimum Gasteiger partial charge on any atom is -0.326 e. The first-order valence-corrected chi connectivity index (χ1v) is 10.9. The van der Waals surface area contributed by atoms with Gasteiger partial charge in [0.1, 0.15) is 5.84 Å². The summed E-state index contributed by atoms with van der Waals surface area (Å²) in [5.74, 6) is 0.417. The van der Waals surface area contributed by atoms with Gasteiger partial charge in [-0.3, -0.25) is 14.5 Å². The Kier molecular flexibility index (Phi) is 6.14. The van der Waals surface area contributed by atoms with E-state index in [1.54, 1.807) is 24.3 Å². The van der Waals surface area contributed by atoms with Gasteiger partial charge in [-0.05, 0) is 56.0 Å². The zero-order valence-corrected chi connectivity index (χ0v) is 17.0. The lowest BCUT2D eigenvalue weighted by Gasteiger charge is -2.09. The van der Waals surface area contributed by atoms with Crippen LogP contribution in [0.5, 0.6) is 0 Å². The van der Waals surface area contributed by atoms with Crippen LogP contribution >= 0.6 is 0 Å². The number of benzene rings is 2. The van der Waals surface area contributed by atoms with E-state index < -0.39 is 10.0 Å². The molecule has 3 rings (SSSR count). The fourth-order valence-electron chi connectivity index (χ4n) is 3.10.